The Balaban J connectivity index is 1.63. The molecule has 1 aliphatic rings. The second-order valence-corrected chi connectivity index (χ2v) is 6.26. The van der Waals surface area contributed by atoms with Crippen LogP contribution in [0.5, 0.6) is 0 Å². The van der Waals surface area contributed by atoms with Gasteiger partial charge in [-0.3, -0.25) is 4.79 Å². The van der Waals surface area contributed by atoms with E-state index in [0.29, 0.717) is 12.5 Å². The molecular weight excluding hydrogens is 260 g/mol. The Kier molecular flexibility index (Phi) is 6.24. The number of amides is 1. The van der Waals surface area contributed by atoms with Crippen molar-refractivity contribution in [2.24, 2.45) is 0 Å². The first-order valence-electron chi connectivity index (χ1n) is 8.17. The smallest absolute Gasteiger partial charge is 0.220 e. The second kappa shape index (κ2) is 8.18. The fraction of sp³-hybridized carbons (Fsp3) is 0.611. The van der Waals surface area contributed by atoms with Crippen LogP contribution < -0.4 is 5.32 Å². The zero-order chi connectivity index (χ0) is 15.1. The molecule has 1 amide bonds. The van der Waals surface area contributed by atoms with Gasteiger partial charge in [0.25, 0.3) is 0 Å². The Morgan fingerprint density at radius 3 is 3.00 bits per heavy atom. The molecule has 116 valence electrons. The van der Waals surface area contributed by atoms with Gasteiger partial charge in [0.1, 0.15) is 0 Å². The fourth-order valence-corrected chi connectivity index (χ4v) is 3.11. The number of likely N-dealkylation sites (tertiary alicyclic amines) is 1. The molecule has 2 rings (SSSR count). The lowest BCUT2D eigenvalue weighted by Gasteiger charge is -2.32. The number of carbonyl (C=O) groups excluding carboxylic acids is 1. The maximum Gasteiger partial charge on any atom is 0.220 e. The van der Waals surface area contributed by atoms with Crippen LogP contribution in [0.4, 0.5) is 0 Å². The van der Waals surface area contributed by atoms with E-state index in [1.165, 1.54) is 36.9 Å². The van der Waals surface area contributed by atoms with Crippen molar-refractivity contribution in [3.05, 3.63) is 35.4 Å². The molecular formula is C18H28N2O. The maximum absolute atomic E-state index is 11.9. The average Bonchev–Trinajstić information content (AvgIpc) is 2.46. The molecule has 0 spiro atoms. The number of hydrogen-bond donors (Lipinski definition) is 1. The van der Waals surface area contributed by atoms with Crippen molar-refractivity contribution in [2.75, 3.05) is 20.1 Å². The summed E-state index contributed by atoms with van der Waals surface area (Å²) in [7, 11) is 2.18. The molecule has 0 unspecified atom stereocenters. The molecule has 1 heterocycles. The molecule has 1 aromatic carbocycles. The molecule has 1 atom stereocenters. The van der Waals surface area contributed by atoms with Crippen LogP contribution in [0.1, 0.15) is 43.2 Å². The van der Waals surface area contributed by atoms with Crippen LogP contribution >= 0.6 is 0 Å². The van der Waals surface area contributed by atoms with Gasteiger partial charge in [0.2, 0.25) is 5.91 Å². The zero-order valence-corrected chi connectivity index (χ0v) is 13.4. The Labute approximate surface area is 128 Å². The second-order valence-electron chi connectivity index (χ2n) is 6.26. The first kappa shape index (κ1) is 16.0. The molecule has 0 aromatic heterocycles. The summed E-state index contributed by atoms with van der Waals surface area (Å²) < 4.78 is 0. The van der Waals surface area contributed by atoms with Crippen molar-refractivity contribution in [1.82, 2.24) is 10.2 Å². The Hall–Kier alpha value is -1.35. The third kappa shape index (κ3) is 5.50. The van der Waals surface area contributed by atoms with Crippen molar-refractivity contribution in [1.29, 1.82) is 0 Å². The van der Waals surface area contributed by atoms with E-state index in [9.17, 15) is 4.79 Å². The van der Waals surface area contributed by atoms with E-state index in [4.69, 9.17) is 0 Å². The van der Waals surface area contributed by atoms with Crippen molar-refractivity contribution in [3.8, 4) is 0 Å². The number of piperidine rings is 1. The zero-order valence-electron chi connectivity index (χ0n) is 13.4. The van der Waals surface area contributed by atoms with Gasteiger partial charge in [-0.05, 0) is 51.8 Å². The predicted molar refractivity (Wildman–Crippen MR) is 87.4 cm³/mol. The van der Waals surface area contributed by atoms with E-state index in [1.54, 1.807) is 0 Å². The molecule has 0 saturated carbocycles. The van der Waals surface area contributed by atoms with Crippen LogP contribution in [0.2, 0.25) is 0 Å². The number of nitrogens with zero attached hydrogens (tertiary/aromatic N) is 1. The Bertz CT molecular complexity index is 458. The molecule has 0 aliphatic carbocycles. The third-order valence-electron chi connectivity index (χ3n) is 4.44. The SMILES string of the molecule is Cc1cccc(CCNC(=O)CC[C@@H]2CCCCN2C)c1. The van der Waals surface area contributed by atoms with Gasteiger partial charge in [0.05, 0.1) is 0 Å². The average molecular weight is 288 g/mol. The lowest BCUT2D eigenvalue weighted by molar-refractivity contribution is -0.121. The highest BCUT2D eigenvalue weighted by atomic mass is 16.1. The van der Waals surface area contributed by atoms with Crippen LogP contribution in [-0.2, 0) is 11.2 Å². The molecule has 0 radical (unpaired) electrons. The van der Waals surface area contributed by atoms with E-state index in [-0.39, 0.29) is 5.91 Å². The van der Waals surface area contributed by atoms with Crippen molar-refractivity contribution in [3.63, 3.8) is 0 Å². The molecule has 1 fully saturated rings. The highest BCUT2D eigenvalue weighted by Gasteiger charge is 2.19. The molecule has 1 N–H and O–H groups in total. The highest BCUT2D eigenvalue weighted by Crippen LogP contribution is 2.18. The minimum atomic E-state index is 0.196. The van der Waals surface area contributed by atoms with Gasteiger partial charge in [-0.1, -0.05) is 36.2 Å². The van der Waals surface area contributed by atoms with Gasteiger partial charge >= 0.3 is 0 Å². The summed E-state index contributed by atoms with van der Waals surface area (Å²) in [5, 5.41) is 3.05. The number of nitrogens with one attached hydrogen (secondary N) is 1. The Morgan fingerprint density at radius 2 is 2.24 bits per heavy atom. The first-order valence-corrected chi connectivity index (χ1v) is 8.17. The van der Waals surface area contributed by atoms with Crippen LogP contribution in [-0.4, -0.2) is 37.0 Å². The van der Waals surface area contributed by atoms with E-state index < -0.39 is 0 Å². The quantitative estimate of drug-likeness (QED) is 0.873. The number of hydrogen-bond acceptors (Lipinski definition) is 2. The summed E-state index contributed by atoms with van der Waals surface area (Å²) in [6.07, 6.45) is 6.42. The van der Waals surface area contributed by atoms with Gasteiger partial charge in [-0.2, -0.15) is 0 Å². The Morgan fingerprint density at radius 1 is 1.38 bits per heavy atom. The summed E-state index contributed by atoms with van der Waals surface area (Å²) >= 11 is 0. The maximum atomic E-state index is 11.9. The molecule has 1 aromatic rings. The van der Waals surface area contributed by atoms with Gasteiger partial charge in [0.15, 0.2) is 0 Å². The largest absolute Gasteiger partial charge is 0.356 e. The number of aryl methyl sites for hydroxylation is 1. The molecule has 3 nitrogen and oxygen atoms in total. The third-order valence-corrected chi connectivity index (χ3v) is 4.44. The van der Waals surface area contributed by atoms with Gasteiger partial charge < -0.3 is 10.2 Å². The number of carbonyl (C=O) groups is 1. The van der Waals surface area contributed by atoms with Gasteiger partial charge in [-0.25, -0.2) is 0 Å². The summed E-state index contributed by atoms with van der Waals surface area (Å²) in [6, 6.07) is 9.08. The topological polar surface area (TPSA) is 32.3 Å². The molecule has 0 bridgehead atoms. The standard InChI is InChI=1S/C18H28N2O/c1-15-6-5-7-16(14-15)11-12-19-18(21)10-9-17-8-3-4-13-20(17)2/h5-7,14,17H,3-4,8-13H2,1-2H3,(H,19,21)/t17-/m0/s1. The van der Waals surface area contributed by atoms with Crippen LogP contribution in [0.15, 0.2) is 24.3 Å². The van der Waals surface area contributed by atoms with Crippen molar-refractivity contribution >= 4 is 5.91 Å². The molecule has 21 heavy (non-hydrogen) atoms. The highest BCUT2D eigenvalue weighted by molar-refractivity contribution is 5.75. The van der Waals surface area contributed by atoms with Crippen LogP contribution in [0, 0.1) is 6.92 Å². The lowest BCUT2D eigenvalue weighted by atomic mass is 9.98. The minimum Gasteiger partial charge on any atom is -0.356 e. The van der Waals surface area contributed by atoms with Gasteiger partial charge in [-0.15, -0.1) is 0 Å². The van der Waals surface area contributed by atoms with E-state index >= 15 is 0 Å². The van der Waals surface area contributed by atoms with Crippen LogP contribution in [0.3, 0.4) is 0 Å². The normalized spacial score (nSPS) is 19.4. The van der Waals surface area contributed by atoms with E-state index in [1.807, 2.05) is 0 Å². The van der Waals surface area contributed by atoms with E-state index in [2.05, 4.69) is 48.5 Å². The molecule has 1 aliphatic heterocycles. The summed E-state index contributed by atoms with van der Waals surface area (Å²) in [5.41, 5.74) is 2.57. The van der Waals surface area contributed by atoms with Gasteiger partial charge in [0, 0.05) is 19.0 Å². The van der Waals surface area contributed by atoms with Crippen LogP contribution in [0.25, 0.3) is 0 Å². The predicted octanol–water partition coefficient (Wildman–Crippen LogP) is 2.92. The lowest BCUT2D eigenvalue weighted by Crippen LogP contribution is -2.37. The summed E-state index contributed by atoms with van der Waals surface area (Å²) in [6.45, 7) is 4.02. The summed E-state index contributed by atoms with van der Waals surface area (Å²) in [4.78, 5) is 14.3. The van der Waals surface area contributed by atoms with Crippen molar-refractivity contribution < 1.29 is 4.79 Å². The number of rotatable bonds is 6. The first-order chi connectivity index (χ1) is 10.1. The molecule has 1 saturated heterocycles. The minimum absolute atomic E-state index is 0.196. The monoisotopic (exact) mass is 288 g/mol. The van der Waals surface area contributed by atoms with E-state index in [0.717, 1.165) is 19.4 Å². The summed E-state index contributed by atoms with van der Waals surface area (Å²) in [5.74, 6) is 0.196. The fourth-order valence-electron chi connectivity index (χ4n) is 3.11. The van der Waals surface area contributed by atoms with Crippen molar-refractivity contribution in [2.45, 2.75) is 51.5 Å². The number of benzene rings is 1. The molecule has 3 heteroatoms.